The van der Waals surface area contributed by atoms with Crippen molar-refractivity contribution in [2.75, 3.05) is 6.61 Å². The number of fused-ring (bicyclic) bond motifs is 3. The zero-order valence-electron chi connectivity index (χ0n) is 14.7. The minimum absolute atomic E-state index is 0.331. The van der Waals surface area contributed by atoms with E-state index in [1.807, 2.05) is 36.4 Å². The minimum Gasteiger partial charge on any atom is -0.488 e. The molecule has 3 aromatic rings. The van der Waals surface area contributed by atoms with Crippen LogP contribution >= 0.6 is 22.9 Å². The SMILES string of the molecule is O=C(COC(=O)c1cc2c(s1)-c1ccccc1OC2)NCc1ccc(Cl)cc1. The molecule has 4 rings (SSSR count). The van der Waals surface area contributed by atoms with Crippen molar-refractivity contribution >= 4 is 34.8 Å². The van der Waals surface area contributed by atoms with Gasteiger partial charge in [-0.2, -0.15) is 0 Å². The molecule has 0 saturated heterocycles. The van der Waals surface area contributed by atoms with Gasteiger partial charge in [-0.05, 0) is 35.9 Å². The number of carbonyl (C=O) groups excluding carboxylic acids is 2. The topological polar surface area (TPSA) is 64.6 Å². The van der Waals surface area contributed by atoms with Gasteiger partial charge in [-0.25, -0.2) is 4.79 Å². The summed E-state index contributed by atoms with van der Waals surface area (Å²) in [5.74, 6) is -0.0739. The van der Waals surface area contributed by atoms with Gasteiger partial charge in [0.1, 0.15) is 17.2 Å². The normalized spacial score (nSPS) is 11.8. The van der Waals surface area contributed by atoms with E-state index in [0.717, 1.165) is 27.3 Å². The van der Waals surface area contributed by atoms with Gasteiger partial charge in [-0.15, -0.1) is 11.3 Å². The molecule has 1 aliphatic heterocycles. The third-order valence-corrected chi connectivity index (χ3v) is 5.70. The van der Waals surface area contributed by atoms with Crippen molar-refractivity contribution in [1.82, 2.24) is 5.32 Å². The molecule has 0 bridgehead atoms. The van der Waals surface area contributed by atoms with Crippen molar-refractivity contribution in [3.8, 4) is 16.2 Å². The zero-order chi connectivity index (χ0) is 19.5. The largest absolute Gasteiger partial charge is 0.488 e. The molecule has 0 saturated carbocycles. The summed E-state index contributed by atoms with van der Waals surface area (Å²) < 4.78 is 10.9. The van der Waals surface area contributed by atoms with Gasteiger partial charge in [0.2, 0.25) is 0 Å². The second kappa shape index (κ2) is 8.04. The molecule has 1 aliphatic rings. The van der Waals surface area contributed by atoms with Crippen LogP contribution in [0.25, 0.3) is 10.4 Å². The van der Waals surface area contributed by atoms with Crippen LogP contribution in [-0.2, 0) is 22.7 Å². The summed E-state index contributed by atoms with van der Waals surface area (Å²) in [7, 11) is 0. The summed E-state index contributed by atoms with van der Waals surface area (Å²) in [6.07, 6.45) is 0. The van der Waals surface area contributed by atoms with E-state index >= 15 is 0 Å². The second-order valence-corrected chi connectivity index (χ2v) is 7.72. The second-order valence-electron chi connectivity index (χ2n) is 6.23. The van der Waals surface area contributed by atoms with Crippen LogP contribution in [0.4, 0.5) is 0 Å². The fourth-order valence-corrected chi connectivity index (χ4v) is 4.07. The van der Waals surface area contributed by atoms with E-state index in [9.17, 15) is 9.59 Å². The highest BCUT2D eigenvalue weighted by Gasteiger charge is 2.23. The number of para-hydroxylation sites is 1. The van der Waals surface area contributed by atoms with E-state index < -0.39 is 5.97 Å². The summed E-state index contributed by atoms with van der Waals surface area (Å²) in [6.45, 7) is 0.425. The lowest BCUT2D eigenvalue weighted by atomic mass is 10.1. The van der Waals surface area contributed by atoms with Crippen molar-refractivity contribution in [3.63, 3.8) is 0 Å². The van der Waals surface area contributed by atoms with Crippen LogP contribution in [0.2, 0.25) is 5.02 Å². The first-order chi connectivity index (χ1) is 13.6. The Morgan fingerprint density at radius 2 is 1.93 bits per heavy atom. The first-order valence-electron chi connectivity index (χ1n) is 8.63. The van der Waals surface area contributed by atoms with E-state index in [4.69, 9.17) is 21.1 Å². The number of esters is 1. The number of halogens is 1. The smallest absolute Gasteiger partial charge is 0.348 e. The van der Waals surface area contributed by atoms with Crippen LogP contribution in [0, 0.1) is 0 Å². The van der Waals surface area contributed by atoms with E-state index in [1.165, 1.54) is 11.3 Å². The Balaban J connectivity index is 1.34. The van der Waals surface area contributed by atoms with Gasteiger partial charge in [0.05, 0.1) is 0 Å². The maximum Gasteiger partial charge on any atom is 0.348 e. The molecule has 1 N–H and O–H groups in total. The highest BCUT2D eigenvalue weighted by atomic mass is 35.5. The first-order valence-corrected chi connectivity index (χ1v) is 9.83. The molecule has 0 radical (unpaired) electrons. The maximum absolute atomic E-state index is 12.3. The van der Waals surface area contributed by atoms with Crippen LogP contribution in [0.5, 0.6) is 5.75 Å². The number of benzene rings is 2. The lowest BCUT2D eigenvalue weighted by Gasteiger charge is -2.16. The van der Waals surface area contributed by atoms with E-state index in [1.54, 1.807) is 18.2 Å². The van der Waals surface area contributed by atoms with Crippen molar-refractivity contribution in [1.29, 1.82) is 0 Å². The lowest BCUT2D eigenvalue weighted by molar-refractivity contribution is -0.124. The fourth-order valence-electron chi connectivity index (χ4n) is 2.86. The molecular formula is C21H16ClNO4S. The molecule has 2 aromatic carbocycles. The monoisotopic (exact) mass is 413 g/mol. The molecule has 2 heterocycles. The fraction of sp³-hybridized carbons (Fsp3) is 0.143. The highest BCUT2D eigenvalue weighted by molar-refractivity contribution is 7.17. The summed E-state index contributed by atoms with van der Waals surface area (Å²) in [6, 6.07) is 16.6. The Labute approximate surface area is 170 Å². The van der Waals surface area contributed by atoms with Crippen LogP contribution in [0.15, 0.2) is 54.6 Å². The Morgan fingerprint density at radius 3 is 2.75 bits per heavy atom. The number of ether oxygens (including phenoxy) is 2. The third kappa shape index (κ3) is 4.03. The molecule has 28 heavy (non-hydrogen) atoms. The summed E-state index contributed by atoms with van der Waals surface area (Å²) in [4.78, 5) is 25.7. The quantitative estimate of drug-likeness (QED) is 0.628. The average molecular weight is 414 g/mol. The number of amides is 1. The number of carbonyl (C=O) groups is 2. The molecule has 0 atom stereocenters. The van der Waals surface area contributed by atoms with Crippen LogP contribution in [0.1, 0.15) is 20.8 Å². The van der Waals surface area contributed by atoms with Gasteiger partial charge in [0.15, 0.2) is 6.61 Å². The number of nitrogens with one attached hydrogen (secondary N) is 1. The lowest BCUT2D eigenvalue weighted by Crippen LogP contribution is -2.28. The van der Waals surface area contributed by atoms with Crippen molar-refractivity contribution in [2.24, 2.45) is 0 Å². The molecule has 7 heteroatoms. The van der Waals surface area contributed by atoms with Crippen molar-refractivity contribution in [2.45, 2.75) is 13.2 Å². The van der Waals surface area contributed by atoms with Gasteiger partial charge < -0.3 is 14.8 Å². The van der Waals surface area contributed by atoms with E-state index in [2.05, 4.69) is 5.32 Å². The Hall–Kier alpha value is -2.83. The predicted octanol–water partition coefficient (Wildman–Crippen LogP) is 4.43. The van der Waals surface area contributed by atoms with E-state index in [0.29, 0.717) is 23.1 Å². The van der Waals surface area contributed by atoms with E-state index in [-0.39, 0.29) is 12.5 Å². The predicted molar refractivity (Wildman–Crippen MR) is 108 cm³/mol. The van der Waals surface area contributed by atoms with Crippen molar-refractivity contribution < 1.29 is 19.1 Å². The standard InChI is InChI=1S/C21H16ClNO4S/c22-15-7-5-13(6-8-15)10-23-19(24)12-27-21(25)18-9-14-11-26-17-4-2-1-3-16(17)20(14)28-18/h1-9H,10-12H2,(H,23,24). The molecule has 0 aliphatic carbocycles. The van der Waals surface area contributed by atoms with Gasteiger partial charge in [-0.3, -0.25) is 4.79 Å². The van der Waals surface area contributed by atoms with Gasteiger partial charge in [-0.1, -0.05) is 35.9 Å². The number of rotatable bonds is 5. The van der Waals surface area contributed by atoms with Gasteiger partial charge in [0.25, 0.3) is 5.91 Å². The average Bonchev–Trinajstić information content (AvgIpc) is 3.16. The summed E-state index contributed by atoms with van der Waals surface area (Å²) in [5.41, 5.74) is 2.82. The molecule has 0 unspecified atom stereocenters. The molecule has 5 nitrogen and oxygen atoms in total. The van der Waals surface area contributed by atoms with Crippen LogP contribution < -0.4 is 10.1 Å². The van der Waals surface area contributed by atoms with Crippen LogP contribution in [-0.4, -0.2) is 18.5 Å². The Morgan fingerprint density at radius 1 is 1.14 bits per heavy atom. The summed E-state index contributed by atoms with van der Waals surface area (Å²) in [5, 5.41) is 3.35. The molecule has 0 spiro atoms. The molecule has 1 aromatic heterocycles. The summed E-state index contributed by atoms with van der Waals surface area (Å²) >= 11 is 7.18. The number of thiophene rings is 1. The molecule has 0 fully saturated rings. The number of hydrogen-bond acceptors (Lipinski definition) is 5. The molecule has 142 valence electrons. The van der Waals surface area contributed by atoms with Crippen LogP contribution in [0.3, 0.4) is 0 Å². The highest BCUT2D eigenvalue weighted by Crippen LogP contribution is 2.42. The Kier molecular flexibility index (Phi) is 5.32. The number of hydrogen-bond donors (Lipinski definition) is 1. The maximum atomic E-state index is 12.3. The molecule has 1 amide bonds. The van der Waals surface area contributed by atoms with Gasteiger partial charge in [0, 0.05) is 27.6 Å². The Bertz CT molecular complexity index is 1030. The molecular weight excluding hydrogens is 398 g/mol. The minimum atomic E-state index is -0.515. The van der Waals surface area contributed by atoms with Gasteiger partial charge >= 0.3 is 5.97 Å². The zero-order valence-corrected chi connectivity index (χ0v) is 16.3. The first kappa shape index (κ1) is 18.5. The third-order valence-electron chi connectivity index (χ3n) is 4.26. The van der Waals surface area contributed by atoms with Crippen molar-refractivity contribution in [3.05, 3.63) is 75.6 Å².